The maximum atomic E-state index is 12.9. The number of hydrogen-bond acceptors (Lipinski definition) is 5. The van der Waals surface area contributed by atoms with Gasteiger partial charge < -0.3 is 14.8 Å². The summed E-state index contributed by atoms with van der Waals surface area (Å²) in [5.41, 5.74) is -0.459. The van der Waals surface area contributed by atoms with Gasteiger partial charge >= 0.3 is 0 Å². The van der Waals surface area contributed by atoms with Crippen LogP contribution < -0.4 is 10.0 Å². The summed E-state index contributed by atoms with van der Waals surface area (Å²) in [4.78, 5) is 21.3. The van der Waals surface area contributed by atoms with Crippen LogP contribution in [0.1, 0.15) is 0 Å². The standard InChI is InChI=1S/C9H9FN2O4/c1-11(5-9(13)14)8-4-6(10)2-3-7(8)12(15)16/h2-4H,5H2,1H3,(H,13,14)/p-1. The van der Waals surface area contributed by atoms with Crippen LogP contribution in [-0.2, 0) is 4.79 Å². The summed E-state index contributed by atoms with van der Waals surface area (Å²) in [7, 11) is 1.30. The van der Waals surface area contributed by atoms with Crippen LogP contribution in [0, 0.1) is 15.9 Å². The van der Waals surface area contributed by atoms with E-state index < -0.39 is 23.3 Å². The summed E-state index contributed by atoms with van der Waals surface area (Å²) in [6.07, 6.45) is 0. The lowest BCUT2D eigenvalue weighted by atomic mass is 10.2. The summed E-state index contributed by atoms with van der Waals surface area (Å²) >= 11 is 0. The molecule has 1 rings (SSSR count). The van der Waals surface area contributed by atoms with E-state index in [0.717, 1.165) is 23.1 Å². The van der Waals surface area contributed by atoms with Gasteiger partial charge in [-0.3, -0.25) is 10.1 Å². The predicted molar refractivity (Wildman–Crippen MR) is 51.3 cm³/mol. The number of nitro benzene ring substituents is 1. The van der Waals surface area contributed by atoms with Crippen molar-refractivity contribution in [2.24, 2.45) is 0 Å². The van der Waals surface area contributed by atoms with Gasteiger partial charge in [-0.05, 0) is 6.07 Å². The molecule has 6 nitrogen and oxygen atoms in total. The van der Waals surface area contributed by atoms with Gasteiger partial charge in [0.25, 0.3) is 5.69 Å². The topological polar surface area (TPSA) is 86.5 Å². The lowest BCUT2D eigenvalue weighted by molar-refractivity contribution is -0.384. The van der Waals surface area contributed by atoms with E-state index in [0.29, 0.717) is 0 Å². The Hall–Kier alpha value is -2.18. The summed E-state index contributed by atoms with van der Waals surface area (Å²) < 4.78 is 12.9. The summed E-state index contributed by atoms with van der Waals surface area (Å²) in [5, 5.41) is 20.9. The first-order valence-corrected chi connectivity index (χ1v) is 4.26. The molecule has 1 aromatic carbocycles. The molecule has 0 amide bonds. The molecule has 0 aliphatic carbocycles. The van der Waals surface area contributed by atoms with E-state index in [1.54, 1.807) is 0 Å². The molecule has 0 unspecified atom stereocenters. The Morgan fingerprint density at radius 1 is 1.56 bits per heavy atom. The minimum absolute atomic E-state index is 0.103. The van der Waals surface area contributed by atoms with Crippen LogP contribution in [0.15, 0.2) is 18.2 Å². The van der Waals surface area contributed by atoms with Crippen LogP contribution in [0.2, 0.25) is 0 Å². The molecule has 0 fully saturated rings. The largest absolute Gasteiger partial charge is 0.548 e. The third kappa shape index (κ3) is 2.66. The van der Waals surface area contributed by atoms with E-state index in [1.807, 2.05) is 0 Å². The highest BCUT2D eigenvalue weighted by Gasteiger charge is 2.17. The molecular formula is C9H8FN2O4-. The highest BCUT2D eigenvalue weighted by atomic mass is 19.1. The van der Waals surface area contributed by atoms with Gasteiger partial charge in [0.05, 0.1) is 17.4 Å². The van der Waals surface area contributed by atoms with Gasteiger partial charge in [-0.25, -0.2) is 4.39 Å². The number of hydrogen-bond donors (Lipinski definition) is 0. The Bertz CT molecular complexity index is 436. The molecule has 0 aliphatic heterocycles. The number of carbonyl (C=O) groups is 1. The van der Waals surface area contributed by atoms with E-state index in [4.69, 9.17) is 0 Å². The average Bonchev–Trinajstić information content (AvgIpc) is 2.15. The van der Waals surface area contributed by atoms with Crippen LogP contribution in [0.5, 0.6) is 0 Å². The highest BCUT2D eigenvalue weighted by Crippen LogP contribution is 2.27. The second kappa shape index (κ2) is 4.56. The zero-order valence-corrected chi connectivity index (χ0v) is 8.34. The molecule has 7 heteroatoms. The van der Waals surface area contributed by atoms with Crippen LogP contribution >= 0.6 is 0 Å². The summed E-state index contributed by atoms with van der Waals surface area (Å²) in [6, 6.07) is 2.83. The van der Waals surface area contributed by atoms with Crippen molar-refractivity contribution in [3.8, 4) is 0 Å². The maximum absolute atomic E-state index is 12.9. The maximum Gasteiger partial charge on any atom is 0.292 e. The van der Waals surface area contributed by atoms with Gasteiger partial charge in [0.15, 0.2) is 0 Å². The van der Waals surface area contributed by atoms with Crippen molar-refractivity contribution in [3.63, 3.8) is 0 Å². The van der Waals surface area contributed by atoms with E-state index in [-0.39, 0.29) is 11.4 Å². The minimum Gasteiger partial charge on any atom is -0.548 e. The molecule has 0 heterocycles. The van der Waals surface area contributed by atoms with Crippen molar-refractivity contribution in [2.45, 2.75) is 0 Å². The minimum atomic E-state index is -1.40. The number of carboxylic acid groups (broad SMARTS) is 1. The molecule has 0 saturated carbocycles. The normalized spacial score (nSPS) is 9.88. The number of carboxylic acids is 1. The molecule has 86 valence electrons. The first kappa shape index (κ1) is 11.9. The first-order chi connectivity index (χ1) is 7.41. The molecule has 0 saturated heterocycles. The number of nitro groups is 1. The van der Waals surface area contributed by atoms with Gasteiger partial charge in [0.1, 0.15) is 11.5 Å². The Balaban J connectivity index is 3.13. The highest BCUT2D eigenvalue weighted by molar-refractivity contribution is 5.74. The SMILES string of the molecule is CN(CC(=O)[O-])c1cc(F)ccc1[N+](=O)[O-]. The Labute approximate surface area is 90.1 Å². The Kier molecular flexibility index (Phi) is 3.39. The van der Waals surface area contributed by atoms with Crippen LogP contribution in [0.3, 0.4) is 0 Å². The van der Waals surface area contributed by atoms with Gasteiger partial charge in [-0.1, -0.05) is 0 Å². The number of rotatable bonds is 4. The van der Waals surface area contributed by atoms with E-state index in [2.05, 4.69) is 0 Å². The monoisotopic (exact) mass is 227 g/mol. The number of carbonyl (C=O) groups excluding carboxylic acids is 1. The van der Waals surface area contributed by atoms with Gasteiger partial charge in [0.2, 0.25) is 0 Å². The third-order valence-corrected chi connectivity index (χ3v) is 1.91. The Morgan fingerprint density at radius 2 is 2.19 bits per heavy atom. The van der Waals surface area contributed by atoms with Gasteiger partial charge in [-0.15, -0.1) is 0 Å². The van der Waals surface area contributed by atoms with Crippen molar-refractivity contribution in [3.05, 3.63) is 34.1 Å². The van der Waals surface area contributed by atoms with Crippen molar-refractivity contribution < 1.29 is 19.2 Å². The molecule has 0 N–H and O–H groups in total. The number of anilines is 1. The average molecular weight is 227 g/mol. The predicted octanol–water partition coefficient (Wildman–Crippen LogP) is -0.0800. The van der Waals surface area contributed by atoms with Crippen molar-refractivity contribution in [1.82, 2.24) is 0 Å². The zero-order valence-electron chi connectivity index (χ0n) is 8.34. The molecule has 1 aromatic rings. The fourth-order valence-corrected chi connectivity index (χ4v) is 1.24. The quantitative estimate of drug-likeness (QED) is 0.530. The second-order valence-corrected chi connectivity index (χ2v) is 3.12. The molecule has 0 radical (unpaired) electrons. The third-order valence-electron chi connectivity index (χ3n) is 1.91. The fraction of sp³-hybridized carbons (Fsp3) is 0.222. The molecule has 16 heavy (non-hydrogen) atoms. The number of nitrogens with zero attached hydrogens (tertiary/aromatic N) is 2. The number of benzene rings is 1. The van der Waals surface area contributed by atoms with Crippen molar-refractivity contribution >= 4 is 17.3 Å². The van der Waals surface area contributed by atoms with Crippen LogP contribution in [-0.4, -0.2) is 24.5 Å². The van der Waals surface area contributed by atoms with Crippen LogP contribution in [0.4, 0.5) is 15.8 Å². The summed E-state index contributed by atoms with van der Waals surface area (Å²) in [6.45, 7) is -0.551. The van der Waals surface area contributed by atoms with Gasteiger partial charge in [-0.2, -0.15) is 0 Å². The molecule has 0 atom stereocenters. The molecule has 0 aromatic heterocycles. The smallest absolute Gasteiger partial charge is 0.292 e. The molecular weight excluding hydrogens is 219 g/mol. The zero-order chi connectivity index (χ0) is 12.3. The van der Waals surface area contributed by atoms with E-state index in [1.165, 1.54) is 7.05 Å². The fourth-order valence-electron chi connectivity index (χ4n) is 1.24. The van der Waals surface area contributed by atoms with Gasteiger partial charge in [0, 0.05) is 19.2 Å². The van der Waals surface area contributed by atoms with E-state index >= 15 is 0 Å². The lowest BCUT2D eigenvalue weighted by Gasteiger charge is -2.19. The van der Waals surface area contributed by atoms with Crippen molar-refractivity contribution in [2.75, 3.05) is 18.5 Å². The molecule has 0 spiro atoms. The lowest BCUT2D eigenvalue weighted by Crippen LogP contribution is -2.36. The number of likely N-dealkylation sites (N-methyl/N-ethyl adjacent to an activating group) is 1. The summed E-state index contributed by atoms with van der Waals surface area (Å²) in [5.74, 6) is -2.08. The number of aliphatic carboxylic acids is 1. The Morgan fingerprint density at radius 3 is 2.69 bits per heavy atom. The first-order valence-electron chi connectivity index (χ1n) is 4.26. The molecule has 0 aliphatic rings. The van der Waals surface area contributed by atoms with E-state index in [9.17, 15) is 24.4 Å². The molecule has 0 bridgehead atoms. The second-order valence-electron chi connectivity index (χ2n) is 3.12. The van der Waals surface area contributed by atoms with Crippen molar-refractivity contribution in [1.29, 1.82) is 0 Å². The van der Waals surface area contributed by atoms with Crippen LogP contribution in [0.25, 0.3) is 0 Å². The number of halogens is 1.